The minimum Gasteiger partial charge on any atom is -0.494 e. The molecule has 1 amide bonds. The highest BCUT2D eigenvalue weighted by molar-refractivity contribution is 5.99. The molecule has 0 N–H and O–H groups in total. The van der Waals surface area contributed by atoms with E-state index in [1.165, 1.54) is 12.1 Å². The second kappa shape index (κ2) is 8.28. The largest absolute Gasteiger partial charge is 0.494 e. The maximum Gasteiger partial charge on any atom is 0.290 e. The molecular formula is C23H22FNO5. The van der Waals surface area contributed by atoms with E-state index < -0.39 is 17.3 Å². The van der Waals surface area contributed by atoms with E-state index in [9.17, 15) is 14.0 Å². The Morgan fingerprint density at radius 3 is 2.60 bits per heavy atom. The van der Waals surface area contributed by atoms with Crippen LogP contribution in [0.25, 0.3) is 11.0 Å². The molecule has 0 saturated carbocycles. The Morgan fingerprint density at radius 2 is 1.90 bits per heavy atom. The van der Waals surface area contributed by atoms with Crippen molar-refractivity contribution in [2.75, 3.05) is 26.9 Å². The summed E-state index contributed by atoms with van der Waals surface area (Å²) in [4.78, 5) is 28.1. The molecule has 1 aromatic heterocycles. The number of fused-ring (bicyclic) bond motifs is 2. The molecule has 0 saturated heterocycles. The third kappa shape index (κ3) is 3.45. The average molecular weight is 411 g/mol. The summed E-state index contributed by atoms with van der Waals surface area (Å²) in [5.41, 5.74) is 0.788. The first-order chi connectivity index (χ1) is 14.5. The Hall–Kier alpha value is -3.19. The highest BCUT2D eigenvalue weighted by Gasteiger charge is 2.42. The fraction of sp³-hybridized carbons (Fsp3) is 0.304. The van der Waals surface area contributed by atoms with E-state index in [4.69, 9.17) is 13.9 Å². The van der Waals surface area contributed by atoms with Gasteiger partial charge in [0, 0.05) is 20.3 Å². The van der Waals surface area contributed by atoms with Crippen LogP contribution in [0, 0.1) is 5.82 Å². The normalized spacial score (nSPS) is 15.6. The van der Waals surface area contributed by atoms with Crippen LogP contribution in [0.1, 0.15) is 41.1 Å². The predicted molar refractivity (Wildman–Crippen MR) is 109 cm³/mol. The van der Waals surface area contributed by atoms with Crippen LogP contribution in [-0.4, -0.2) is 37.7 Å². The molecular weight excluding hydrogens is 389 g/mol. The number of methoxy groups -OCH3 is 1. The quantitative estimate of drug-likeness (QED) is 0.552. The Labute approximate surface area is 172 Å². The summed E-state index contributed by atoms with van der Waals surface area (Å²) < 4.78 is 30.2. The molecule has 0 radical (unpaired) electrons. The number of carbonyl (C=O) groups is 1. The van der Waals surface area contributed by atoms with E-state index in [1.807, 2.05) is 19.1 Å². The van der Waals surface area contributed by atoms with Gasteiger partial charge in [0.2, 0.25) is 5.76 Å². The lowest BCUT2D eigenvalue weighted by Gasteiger charge is -2.25. The number of nitrogens with zero attached hydrogens (tertiary/aromatic N) is 1. The second-order valence-corrected chi connectivity index (χ2v) is 7.06. The maximum absolute atomic E-state index is 13.8. The predicted octanol–water partition coefficient (Wildman–Crippen LogP) is 3.91. The second-order valence-electron chi connectivity index (χ2n) is 7.06. The minimum absolute atomic E-state index is 0.00964. The van der Waals surface area contributed by atoms with Crippen molar-refractivity contribution in [2.24, 2.45) is 0 Å². The Kier molecular flexibility index (Phi) is 5.55. The van der Waals surface area contributed by atoms with Gasteiger partial charge in [0.15, 0.2) is 5.43 Å². The Balaban J connectivity index is 1.86. The number of hydrogen-bond donors (Lipinski definition) is 0. The van der Waals surface area contributed by atoms with Crippen LogP contribution in [0.15, 0.2) is 51.7 Å². The first-order valence-corrected chi connectivity index (χ1v) is 9.84. The molecule has 156 valence electrons. The van der Waals surface area contributed by atoms with Crippen LogP contribution >= 0.6 is 0 Å². The SMILES string of the molecule is CCOc1ccc(C2c3c(oc4ccc(F)cc4c3=O)C(=O)N2CCCOC)cc1. The van der Waals surface area contributed by atoms with Gasteiger partial charge in [-0.25, -0.2) is 4.39 Å². The minimum atomic E-state index is -0.621. The van der Waals surface area contributed by atoms with E-state index >= 15 is 0 Å². The zero-order valence-electron chi connectivity index (χ0n) is 16.8. The summed E-state index contributed by atoms with van der Waals surface area (Å²) in [5, 5.41) is 0.122. The van der Waals surface area contributed by atoms with Crippen molar-refractivity contribution >= 4 is 16.9 Å². The van der Waals surface area contributed by atoms with Crippen LogP contribution in [0.4, 0.5) is 4.39 Å². The van der Waals surface area contributed by atoms with E-state index in [0.717, 1.165) is 11.6 Å². The molecule has 7 heteroatoms. The lowest BCUT2D eigenvalue weighted by atomic mass is 9.98. The molecule has 30 heavy (non-hydrogen) atoms. The first-order valence-electron chi connectivity index (χ1n) is 9.84. The van der Waals surface area contributed by atoms with Gasteiger partial charge in [0.05, 0.1) is 23.6 Å². The van der Waals surface area contributed by atoms with Crippen LogP contribution < -0.4 is 10.2 Å². The van der Waals surface area contributed by atoms with E-state index in [1.54, 1.807) is 24.1 Å². The maximum atomic E-state index is 13.8. The summed E-state index contributed by atoms with van der Waals surface area (Å²) >= 11 is 0. The van der Waals surface area contributed by atoms with Crippen molar-refractivity contribution in [3.63, 3.8) is 0 Å². The third-order valence-corrected chi connectivity index (χ3v) is 5.18. The van der Waals surface area contributed by atoms with Gasteiger partial charge in [-0.1, -0.05) is 12.1 Å². The highest BCUT2D eigenvalue weighted by atomic mass is 19.1. The van der Waals surface area contributed by atoms with Crippen LogP contribution in [0.5, 0.6) is 5.75 Å². The lowest BCUT2D eigenvalue weighted by molar-refractivity contribution is 0.0708. The number of benzene rings is 2. The zero-order valence-corrected chi connectivity index (χ0v) is 16.8. The van der Waals surface area contributed by atoms with Crippen molar-refractivity contribution in [3.05, 3.63) is 75.4 Å². The fourth-order valence-corrected chi connectivity index (χ4v) is 3.86. The van der Waals surface area contributed by atoms with Crippen molar-refractivity contribution in [3.8, 4) is 5.75 Å². The van der Waals surface area contributed by atoms with Crippen molar-refractivity contribution in [2.45, 2.75) is 19.4 Å². The lowest BCUT2D eigenvalue weighted by Crippen LogP contribution is -2.31. The standard InChI is InChI=1S/C23H22FNO5/c1-3-29-16-8-5-14(6-9-16)20-19-21(26)17-13-15(24)7-10-18(17)30-22(19)23(27)25(20)11-4-12-28-2/h5-10,13,20H,3-4,11-12H2,1-2H3. The number of rotatable bonds is 7. The summed E-state index contributed by atoms with van der Waals surface area (Å²) in [6.07, 6.45) is 0.603. The van der Waals surface area contributed by atoms with Gasteiger partial charge >= 0.3 is 0 Å². The van der Waals surface area contributed by atoms with E-state index in [-0.39, 0.29) is 28.2 Å². The smallest absolute Gasteiger partial charge is 0.290 e. The summed E-state index contributed by atoms with van der Waals surface area (Å²) in [6.45, 7) is 3.30. The third-order valence-electron chi connectivity index (χ3n) is 5.18. The number of hydrogen-bond acceptors (Lipinski definition) is 5. The molecule has 0 bridgehead atoms. The van der Waals surface area contributed by atoms with Gasteiger partial charge in [-0.3, -0.25) is 9.59 Å². The monoisotopic (exact) mass is 411 g/mol. The molecule has 1 unspecified atom stereocenters. The molecule has 1 atom stereocenters. The summed E-state index contributed by atoms with van der Waals surface area (Å²) in [5.74, 6) is -0.184. The Bertz CT molecular complexity index is 1140. The number of halogens is 1. The summed E-state index contributed by atoms with van der Waals surface area (Å²) in [7, 11) is 1.59. The number of carbonyl (C=O) groups excluding carboxylic acids is 1. The van der Waals surface area contributed by atoms with Gasteiger partial charge in [0.1, 0.15) is 17.1 Å². The number of ether oxygens (including phenoxy) is 2. The molecule has 0 aliphatic carbocycles. The molecule has 2 aromatic carbocycles. The Morgan fingerprint density at radius 1 is 1.13 bits per heavy atom. The molecule has 4 rings (SSSR count). The fourth-order valence-electron chi connectivity index (χ4n) is 3.86. The number of amides is 1. The topological polar surface area (TPSA) is 69.0 Å². The van der Waals surface area contributed by atoms with Crippen LogP contribution in [0.2, 0.25) is 0 Å². The zero-order chi connectivity index (χ0) is 21.3. The molecule has 0 spiro atoms. The van der Waals surface area contributed by atoms with Gasteiger partial charge < -0.3 is 18.8 Å². The van der Waals surface area contributed by atoms with E-state index in [0.29, 0.717) is 31.9 Å². The van der Waals surface area contributed by atoms with Gasteiger partial charge in [-0.2, -0.15) is 0 Å². The molecule has 1 aliphatic heterocycles. The molecule has 0 fully saturated rings. The molecule has 1 aliphatic rings. The summed E-state index contributed by atoms with van der Waals surface area (Å²) in [6, 6.07) is 10.4. The van der Waals surface area contributed by atoms with Gasteiger partial charge in [-0.05, 0) is 49.2 Å². The van der Waals surface area contributed by atoms with Crippen molar-refractivity contribution in [1.29, 1.82) is 0 Å². The van der Waals surface area contributed by atoms with Crippen LogP contribution in [0.3, 0.4) is 0 Å². The average Bonchev–Trinajstić information content (AvgIpc) is 3.02. The van der Waals surface area contributed by atoms with Gasteiger partial charge in [-0.15, -0.1) is 0 Å². The van der Waals surface area contributed by atoms with Crippen molar-refractivity contribution < 1.29 is 23.1 Å². The molecule has 3 aromatic rings. The van der Waals surface area contributed by atoms with Crippen molar-refractivity contribution in [1.82, 2.24) is 4.90 Å². The highest BCUT2D eigenvalue weighted by Crippen LogP contribution is 2.38. The van der Waals surface area contributed by atoms with E-state index in [2.05, 4.69) is 0 Å². The van der Waals surface area contributed by atoms with Gasteiger partial charge in [0.25, 0.3) is 5.91 Å². The molecule has 2 heterocycles. The molecule has 6 nitrogen and oxygen atoms in total. The van der Waals surface area contributed by atoms with Crippen LogP contribution in [-0.2, 0) is 4.74 Å². The first kappa shape index (κ1) is 20.1.